The normalized spacial score (nSPS) is 10.3. The molecule has 2 rings (SSSR count). The van der Waals surface area contributed by atoms with Gasteiger partial charge in [-0.1, -0.05) is 17.7 Å². The van der Waals surface area contributed by atoms with Crippen LogP contribution in [0.15, 0.2) is 36.5 Å². The summed E-state index contributed by atoms with van der Waals surface area (Å²) in [7, 11) is 1.86. The van der Waals surface area contributed by atoms with E-state index in [0.29, 0.717) is 29.8 Å². The maximum absolute atomic E-state index is 6.07. The van der Waals surface area contributed by atoms with Gasteiger partial charge in [-0.05, 0) is 31.7 Å². The molecule has 0 aliphatic heterocycles. The van der Waals surface area contributed by atoms with Gasteiger partial charge in [0.1, 0.15) is 11.5 Å². The van der Waals surface area contributed by atoms with E-state index in [1.165, 1.54) is 0 Å². The second-order valence-electron chi connectivity index (χ2n) is 4.15. The van der Waals surface area contributed by atoms with E-state index < -0.39 is 0 Å². The average molecular weight is 293 g/mol. The summed E-state index contributed by atoms with van der Waals surface area (Å²) in [6.07, 6.45) is 1.59. The summed E-state index contributed by atoms with van der Waals surface area (Å²) in [5, 5.41) is 3.67. The highest BCUT2D eigenvalue weighted by Crippen LogP contribution is 2.26. The number of benzene rings is 1. The van der Waals surface area contributed by atoms with E-state index in [0.717, 1.165) is 11.3 Å². The minimum absolute atomic E-state index is 0.508. The summed E-state index contributed by atoms with van der Waals surface area (Å²) in [6.45, 7) is 3.23. The number of pyridine rings is 1. The SMILES string of the molecule is CCOc1cccc(Oc2cc(CNC)c(Cl)cn2)c1. The predicted molar refractivity (Wildman–Crippen MR) is 79.7 cm³/mol. The van der Waals surface area contributed by atoms with Crippen LogP contribution in [0, 0.1) is 0 Å². The highest BCUT2D eigenvalue weighted by molar-refractivity contribution is 6.31. The fourth-order valence-electron chi connectivity index (χ4n) is 1.76. The molecule has 5 heteroatoms. The van der Waals surface area contributed by atoms with Gasteiger partial charge in [0.15, 0.2) is 0 Å². The summed E-state index contributed by atoms with van der Waals surface area (Å²) in [5.41, 5.74) is 0.945. The molecule has 2 aromatic rings. The van der Waals surface area contributed by atoms with Gasteiger partial charge < -0.3 is 14.8 Å². The van der Waals surface area contributed by atoms with Crippen LogP contribution < -0.4 is 14.8 Å². The summed E-state index contributed by atoms with van der Waals surface area (Å²) >= 11 is 6.07. The molecule has 1 aromatic heterocycles. The van der Waals surface area contributed by atoms with Crippen molar-refractivity contribution in [1.29, 1.82) is 0 Å². The van der Waals surface area contributed by atoms with Crippen molar-refractivity contribution in [2.24, 2.45) is 0 Å². The molecule has 0 amide bonds. The highest BCUT2D eigenvalue weighted by atomic mass is 35.5. The molecule has 0 unspecified atom stereocenters. The van der Waals surface area contributed by atoms with Crippen LogP contribution >= 0.6 is 11.6 Å². The Morgan fingerprint density at radius 3 is 2.80 bits per heavy atom. The second kappa shape index (κ2) is 7.12. The Hall–Kier alpha value is -1.78. The van der Waals surface area contributed by atoms with Gasteiger partial charge in [-0.2, -0.15) is 0 Å². The molecule has 20 heavy (non-hydrogen) atoms. The van der Waals surface area contributed by atoms with Crippen LogP contribution in [0.4, 0.5) is 0 Å². The quantitative estimate of drug-likeness (QED) is 0.882. The first-order chi connectivity index (χ1) is 9.72. The van der Waals surface area contributed by atoms with Gasteiger partial charge in [0.2, 0.25) is 5.88 Å². The summed E-state index contributed by atoms with van der Waals surface area (Å²) in [5.74, 6) is 1.96. The molecule has 0 bridgehead atoms. The Bertz CT molecular complexity index is 576. The number of nitrogens with one attached hydrogen (secondary N) is 1. The Kier molecular flexibility index (Phi) is 5.21. The van der Waals surface area contributed by atoms with Crippen LogP contribution in [0.5, 0.6) is 17.4 Å². The molecule has 106 valence electrons. The molecule has 0 saturated carbocycles. The molecule has 0 fully saturated rings. The van der Waals surface area contributed by atoms with Crippen molar-refractivity contribution in [3.63, 3.8) is 0 Å². The van der Waals surface area contributed by atoms with Crippen molar-refractivity contribution >= 4 is 11.6 Å². The monoisotopic (exact) mass is 292 g/mol. The molecule has 1 N–H and O–H groups in total. The van der Waals surface area contributed by atoms with E-state index in [9.17, 15) is 0 Å². The summed E-state index contributed by atoms with van der Waals surface area (Å²) in [6, 6.07) is 9.28. The first-order valence-electron chi connectivity index (χ1n) is 6.42. The van der Waals surface area contributed by atoms with Crippen molar-refractivity contribution < 1.29 is 9.47 Å². The predicted octanol–water partition coefficient (Wildman–Crippen LogP) is 3.65. The lowest BCUT2D eigenvalue weighted by Gasteiger charge is -2.09. The Labute approximate surface area is 123 Å². The van der Waals surface area contributed by atoms with Crippen molar-refractivity contribution in [2.75, 3.05) is 13.7 Å². The third kappa shape index (κ3) is 3.85. The van der Waals surface area contributed by atoms with Gasteiger partial charge >= 0.3 is 0 Å². The molecular weight excluding hydrogens is 276 g/mol. The van der Waals surface area contributed by atoms with E-state index >= 15 is 0 Å². The van der Waals surface area contributed by atoms with Crippen LogP contribution in [0.3, 0.4) is 0 Å². The minimum Gasteiger partial charge on any atom is -0.494 e. The van der Waals surface area contributed by atoms with Crippen molar-refractivity contribution in [2.45, 2.75) is 13.5 Å². The summed E-state index contributed by atoms with van der Waals surface area (Å²) < 4.78 is 11.2. The van der Waals surface area contributed by atoms with E-state index in [1.807, 2.05) is 44.3 Å². The number of hydrogen-bond acceptors (Lipinski definition) is 4. The van der Waals surface area contributed by atoms with Gasteiger partial charge in [0.05, 0.1) is 11.6 Å². The Morgan fingerprint density at radius 1 is 1.25 bits per heavy atom. The standard InChI is InChI=1S/C15H17ClN2O2/c1-3-19-12-5-4-6-13(8-12)20-15-7-11(9-17-2)14(16)10-18-15/h4-8,10,17H,3,9H2,1-2H3. The van der Waals surface area contributed by atoms with Gasteiger partial charge in [0.25, 0.3) is 0 Å². The van der Waals surface area contributed by atoms with E-state index in [1.54, 1.807) is 6.20 Å². The fraction of sp³-hybridized carbons (Fsp3) is 0.267. The van der Waals surface area contributed by atoms with Crippen LogP contribution in [0.1, 0.15) is 12.5 Å². The lowest BCUT2D eigenvalue weighted by molar-refractivity contribution is 0.338. The zero-order valence-electron chi connectivity index (χ0n) is 11.5. The molecule has 4 nitrogen and oxygen atoms in total. The largest absolute Gasteiger partial charge is 0.494 e. The third-order valence-corrected chi connectivity index (χ3v) is 2.96. The number of halogens is 1. The number of aromatic nitrogens is 1. The van der Waals surface area contributed by atoms with Crippen molar-refractivity contribution in [3.05, 3.63) is 47.1 Å². The zero-order valence-corrected chi connectivity index (χ0v) is 12.3. The second-order valence-corrected chi connectivity index (χ2v) is 4.56. The molecule has 0 aliphatic carbocycles. The van der Waals surface area contributed by atoms with Gasteiger partial charge in [-0.15, -0.1) is 0 Å². The van der Waals surface area contributed by atoms with Crippen LogP contribution in [0.25, 0.3) is 0 Å². The maximum atomic E-state index is 6.07. The topological polar surface area (TPSA) is 43.4 Å². The van der Waals surface area contributed by atoms with Gasteiger partial charge in [0, 0.05) is 24.9 Å². The Morgan fingerprint density at radius 2 is 2.05 bits per heavy atom. The van der Waals surface area contributed by atoms with Gasteiger partial charge in [-0.3, -0.25) is 0 Å². The average Bonchev–Trinajstić information content (AvgIpc) is 2.44. The van der Waals surface area contributed by atoms with E-state index in [-0.39, 0.29) is 0 Å². The smallest absolute Gasteiger partial charge is 0.219 e. The van der Waals surface area contributed by atoms with Crippen LogP contribution in [-0.4, -0.2) is 18.6 Å². The molecular formula is C15H17ClN2O2. The molecule has 1 aromatic carbocycles. The number of ether oxygens (including phenoxy) is 2. The van der Waals surface area contributed by atoms with Crippen molar-refractivity contribution in [3.8, 4) is 17.4 Å². The summed E-state index contributed by atoms with van der Waals surface area (Å²) in [4.78, 5) is 4.17. The van der Waals surface area contributed by atoms with E-state index in [2.05, 4.69) is 10.3 Å². The maximum Gasteiger partial charge on any atom is 0.219 e. The van der Waals surface area contributed by atoms with Crippen molar-refractivity contribution in [1.82, 2.24) is 10.3 Å². The fourth-order valence-corrected chi connectivity index (χ4v) is 1.93. The molecule has 0 spiro atoms. The lowest BCUT2D eigenvalue weighted by atomic mass is 10.2. The van der Waals surface area contributed by atoms with Crippen LogP contribution in [-0.2, 0) is 6.54 Å². The minimum atomic E-state index is 0.508. The zero-order chi connectivity index (χ0) is 14.4. The molecule has 1 heterocycles. The third-order valence-electron chi connectivity index (χ3n) is 2.62. The van der Waals surface area contributed by atoms with Crippen LogP contribution in [0.2, 0.25) is 5.02 Å². The molecule has 0 radical (unpaired) electrons. The highest BCUT2D eigenvalue weighted by Gasteiger charge is 2.05. The number of hydrogen-bond donors (Lipinski definition) is 1. The molecule has 0 aliphatic rings. The van der Waals surface area contributed by atoms with E-state index in [4.69, 9.17) is 21.1 Å². The molecule has 0 atom stereocenters. The lowest BCUT2D eigenvalue weighted by Crippen LogP contribution is -2.06. The first kappa shape index (κ1) is 14.6. The molecule has 0 saturated heterocycles. The van der Waals surface area contributed by atoms with Gasteiger partial charge in [-0.25, -0.2) is 4.98 Å². The number of rotatable bonds is 6. The first-order valence-corrected chi connectivity index (χ1v) is 6.80. The Balaban J connectivity index is 2.17. The number of nitrogens with zero attached hydrogens (tertiary/aromatic N) is 1.